The maximum atomic E-state index is 9.87. The van der Waals surface area contributed by atoms with Crippen LogP contribution < -0.4 is 0 Å². The van der Waals surface area contributed by atoms with E-state index < -0.39 is 15.6 Å². The van der Waals surface area contributed by atoms with E-state index in [1.807, 2.05) is 91.4 Å². The normalized spacial score (nSPS) is 13.5. The number of nitrogens with zero attached hydrogens (tertiary/aromatic N) is 9. The molecule has 0 spiro atoms. The Morgan fingerprint density at radius 1 is 0.354 bits per heavy atom. The predicted octanol–water partition coefficient (Wildman–Crippen LogP) is 10.6. The van der Waals surface area contributed by atoms with E-state index >= 15 is 0 Å². The zero-order chi connectivity index (χ0) is 35.4. The standard InChI is InChI=1S/3C8H7N3.Co.2F6P/c3*1-2-5-9-8(4-1)11-7-3-6-10-11;;2*1-7(2,3,4,5)6/h3*1-7H;;;/q;;;+2;2*-1. The molecule has 265 valence electrons. The minimum Gasteiger partial charge on any atom is -0.237 e. The summed E-state index contributed by atoms with van der Waals surface area (Å²) in [7, 11) is -21.3. The fourth-order valence-corrected chi connectivity index (χ4v) is 2.68. The Kier molecular flexibility index (Phi) is 12.8. The van der Waals surface area contributed by atoms with Crippen molar-refractivity contribution in [3.63, 3.8) is 0 Å². The smallest absolute Gasteiger partial charge is 0.237 e. The molecule has 0 aromatic carbocycles. The molecule has 1 radical (unpaired) electrons. The molecule has 0 aliphatic heterocycles. The monoisotopic (exact) mass is 784 g/mol. The van der Waals surface area contributed by atoms with E-state index in [0.29, 0.717) is 0 Å². The average molecular weight is 784 g/mol. The molecule has 6 rings (SSSR count). The summed E-state index contributed by atoms with van der Waals surface area (Å²) in [5.41, 5.74) is 0. The van der Waals surface area contributed by atoms with Crippen molar-refractivity contribution < 1.29 is 67.1 Å². The summed E-state index contributed by atoms with van der Waals surface area (Å²) < 4.78 is 124. The Morgan fingerprint density at radius 2 is 0.583 bits per heavy atom. The molecule has 0 saturated heterocycles. The molecule has 0 fully saturated rings. The van der Waals surface area contributed by atoms with Crippen LogP contribution in [0.4, 0.5) is 50.4 Å². The minimum atomic E-state index is -10.7. The second kappa shape index (κ2) is 14.8. The van der Waals surface area contributed by atoms with E-state index in [9.17, 15) is 50.4 Å². The van der Waals surface area contributed by atoms with Crippen LogP contribution in [-0.2, 0) is 16.8 Å². The summed E-state index contributed by atoms with van der Waals surface area (Å²) in [6.07, 6.45) is 16.0. The summed E-state index contributed by atoms with van der Waals surface area (Å²) in [4.78, 5) is 12.4. The van der Waals surface area contributed by atoms with Gasteiger partial charge in [-0.1, -0.05) is 18.2 Å². The van der Waals surface area contributed by atoms with Gasteiger partial charge in [-0.25, -0.2) is 29.0 Å². The van der Waals surface area contributed by atoms with Crippen molar-refractivity contribution in [2.45, 2.75) is 0 Å². The van der Waals surface area contributed by atoms with Crippen molar-refractivity contribution in [1.29, 1.82) is 0 Å². The Balaban J connectivity index is 0.000000304. The first-order valence-electron chi connectivity index (χ1n) is 12.2. The topological polar surface area (TPSA) is 92.1 Å². The predicted molar refractivity (Wildman–Crippen MR) is 151 cm³/mol. The summed E-state index contributed by atoms with van der Waals surface area (Å²) in [6, 6.07) is 22.8. The summed E-state index contributed by atoms with van der Waals surface area (Å²) in [6.45, 7) is 0. The first kappa shape index (κ1) is 41.6. The van der Waals surface area contributed by atoms with Gasteiger partial charge in [0.1, 0.15) is 0 Å². The minimum absolute atomic E-state index is 0. The Hall–Kier alpha value is -4.39. The van der Waals surface area contributed by atoms with E-state index in [4.69, 9.17) is 0 Å². The van der Waals surface area contributed by atoms with E-state index in [-0.39, 0.29) is 16.8 Å². The molecule has 6 heterocycles. The first-order chi connectivity index (χ1) is 21.3. The summed E-state index contributed by atoms with van der Waals surface area (Å²) in [5, 5.41) is 12.1. The summed E-state index contributed by atoms with van der Waals surface area (Å²) >= 11 is 0. The van der Waals surface area contributed by atoms with Crippen LogP contribution in [0.5, 0.6) is 0 Å². The van der Waals surface area contributed by atoms with E-state index in [0.717, 1.165) is 17.5 Å². The van der Waals surface area contributed by atoms with Gasteiger partial charge in [0.25, 0.3) is 0 Å². The fraction of sp³-hybridized carbons (Fsp3) is 0. The molecule has 0 aliphatic rings. The Bertz CT molecular complexity index is 1510. The number of halogens is 12. The maximum Gasteiger partial charge on any atom is 2.00 e. The number of pyridine rings is 3. The number of hydrogen-bond acceptors (Lipinski definition) is 6. The van der Waals surface area contributed by atoms with Gasteiger partial charge in [-0.15, -0.1) is 0 Å². The molecule has 0 atom stereocenters. The fourth-order valence-electron chi connectivity index (χ4n) is 2.68. The Labute approximate surface area is 273 Å². The average Bonchev–Trinajstić information content (AvgIpc) is 3.76. The molecule has 0 amide bonds. The SMILES string of the molecule is F[P-](F)(F)(F)(F)F.F[P-](F)(F)(F)(F)F.[Co+2].c1ccc(-n2cccn2)nc1.c1ccc(-n2cccn2)nc1.c1ccc(-n2cccn2)nc1. The largest absolute Gasteiger partial charge is 2.00 e. The molecule has 0 bridgehead atoms. The Morgan fingerprint density at radius 3 is 0.729 bits per heavy atom. The molecule has 0 aliphatic carbocycles. The van der Waals surface area contributed by atoms with Crippen molar-refractivity contribution in [3.05, 3.63) is 129 Å². The molecule has 0 unspecified atom stereocenters. The van der Waals surface area contributed by atoms with Crippen molar-refractivity contribution in [1.82, 2.24) is 44.3 Å². The third-order valence-electron chi connectivity index (χ3n) is 4.17. The third-order valence-corrected chi connectivity index (χ3v) is 4.17. The first-order valence-corrected chi connectivity index (χ1v) is 16.2. The van der Waals surface area contributed by atoms with E-state index in [1.54, 1.807) is 51.2 Å². The second-order valence-corrected chi connectivity index (χ2v) is 12.2. The maximum absolute atomic E-state index is 10.7. The number of hydrogen-bond donors (Lipinski definition) is 0. The van der Waals surface area contributed by atoms with Gasteiger partial charge >= 0.3 is 82.8 Å². The van der Waals surface area contributed by atoms with Crippen LogP contribution in [0.1, 0.15) is 0 Å². The van der Waals surface area contributed by atoms with Gasteiger partial charge in [-0.2, -0.15) is 15.3 Å². The van der Waals surface area contributed by atoms with Crippen molar-refractivity contribution in [2.24, 2.45) is 0 Å². The summed E-state index contributed by atoms with van der Waals surface area (Å²) in [5.74, 6) is 2.53. The molecule has 0 saturated carbocycles. The van der Waals surface area contributed by atoms with Gasteiger partial charge < -0.3 is 0 Å². The van der Waals surface area contributed by atoms with E-state index in [2.05, 4.69) is 30.2 Å². The quantitative estimate of drug-likeness (QED) is 0.131. The molecular formula is C24H21CoF12N9P2. The molecule has 0 N–H and O–H groups in total. The van der Waals surface area contributed by atoms with Gasteiger partial charge in [0.2, 0.25) is 0 Å². The molecular weight excluding hydrogens is 763 g/mol. The number of aromatic nitrogens is 9. The van der Waals surface area contributed by atoms with Crippen molar-refractivity contribution in [3.8, 4) is 17.5 Å². The molecule has 6 aromatic heterocycles. The number of rotatable bonds is 3. The zero-order valence-corrected chi connectivity index (χ0v) is 26.2. The van der Waals surface area contributed by atoms with Crippen LogP contribution in [0, 0.1) is 0 Å². The van der Waals surface area contributed by atoms with Crippen molar-refractivity contribution in [2.75, 3.05) is 0 Å². The van der Waals surface area contributed by atoms with Gasteiger partial charge in [-0.05, 0) is 54.6 Å². The molecule has 24 heteroatoms. The second-order valence-electron chi connectivity index (χ2n) is 8.33. The van der Waals surface area contributed by atoms with Crippen LogP contribution in [0.3, 0.4) is 0 Å². The van der Waals surface area contributed by atoms with Gasteiger partial charge in [0, 0.05) is 55.8 Å². The van der Waals surface area contributed by atoms with Gasteiger partial charge in [-0.3, -0.25) is 0 Å². The van der Waals surface area contributed by atoms with Crippen LogP contribution in [0.25, 0.3) is 17.5 Å². The van der Waals surface area contributed by atoms with Crippen molar-refractivity contribution >= 4 is 15.6 Å². The zero-order valence-electron chi connectivity index (χ0n) is 23.4. The van der Waals surface area contributed by atoms with Gasteiger partial charge in [0.15, 0.2) is 17.5 Å². The van der Waals surface area contributed by atoms with Crippen LogP contribution in [0.2, 0.25) is 0 Å². The van der Waals surface area contributed by atoms with E-state index in [1.165, 1.54) is 0 Å². The van der Waals surface area contributed by atoms with Crippen LogP contribution in [-0.4, -0.2) is 44.3 Å². The van der Waals surface area contributed by atoms with Crippen LogP contribution in [0.15, 0.2) is 129 Å². The van der Waals surface area contributed by atoms with Crippen LogP contribution >= 0.6 is 15.6 Å². The molecule has 48 heavy (non-hydrogen) atoms. The van der Waals surface area contributed by atoms with Gasteiger partial charge in [0.05, 0.1) is 0 Å². The third kappa shape index (κ3) is 24.8. The molecule has 6 aromatic rings. The molecule has 9 nitrogen and oxygen atoms in total.